The number of hydrogen-bond acceptors (Lipinski definition) is 5. The Labute approximate surface area is 168 Å². The van der Waals surface area contributed by atoms with Crippen LogP contribution in [0.1, 0.15) is 5.56 Å². The molecule has 1 heterocycles. The van der Waals surface area contributed by atoms with Crippen LogP contribution in [0.4, 0.5) is 17.2 Å². The third kappa shape index (κ3) is 5.09. The molecule has 0 saturated heterocycles. The van der Waals surface area contributed by atoms with E-state index in [9.17, 15) is 4.79 Å². The Kier molecular flexibility index (Phi) is 6.26. The summed E-state index contributed by atoms with van der Waals surface area (Å²) in [6.45, 7) is 3.88. The number of ether oxygens (including phenoxy) is 1. The third-order valence-electron chi connectivity index (χ3n) is 3.75. The van der Waals surface area contributed by atoms with Crippen LogP contribution in [-0.2, 0) is 11.3 Å². The van der Waals surface area contributed by atoms with Crippen molar-refractivity contribution in [3.05, 3.63) is 83.9 Å². The van der Waals surface area contributed by atoms with E-state index < -0.39 is 0 Å². The van der Waals surface area contributed by atoms with Crippen molar-refractivity contribution in [2.75, 3.05) is 10.6 Å². The van der Waals surface area contributed by atoms with E-state index in [0.717, 1.165) is 11.3 Å². The minimum Gasteiger partial charge on any atom is -0.437 e. The van der Waals surface area contributed by atoms with Gasteiger partial charge in [0.05, 0.1) is 0 Å². The van der Waals surface area contributed by atoms with Crippen LogP contribution in [0.5, 0.6) is 11.6 Å². The highest BCUT2D eigenvalue weighted by Gasteiger charge is 2.09. The first-order valence-electron chi connectivity index (χ1n) is 8.51. The van der Waals surface area contributed by atoms with Crippen molar-refractivity contribution in [1.82, 2.24) is 4.98 Å². The molecule has 0 aliphatic carbocycles. The van der Waals surface area contributed by atoms with Gasteiger partial charge < -0.3 is 21.1 Å². The third-order valence-corrected chi connectivity index (χ3v) is 4.04. The zero-order valence-electron chi connectivity index (χ0n) is 15.0. The summed E-state index contributed by atoms with van der Waals surface area (Å²) in [4.78, 5) is 15.9. The summed E-state index contributed by atoms with van der Waals surface area (Å²) in [6.07, 6.45) is 1.20. The highest BCUT2D eigenvalue weighted by atomic mass is 35.5. The van der Waals surface area contributed by atoms with Crippen LogP contribution in [0.15, 0.2) is 73.3 Å². The van der Waals surface area contributed by atoms with E-state index in [-0.39, 0.29) is 11.8 Å². The van der Waals surface area contributed by atoms with Gasteiger partial charge in [0.1, 0.15) is 16.6 Å². The van der Waals surface area contributed by atoms with Gasteiger partial charge in [-0.15, -0.1) is 0 Å². The Morgan fingerprint density at radius 3 is 2.71 bits per heavy atom. The van der Waals surface area contributed by atoms with Crippen molar-refractivity contribution < 1.29 is 9.53 Å². The maximum absolute atomic E-state index is 11.4. The summed E-state index contributed by atoms with van der Waals surface area (Å²) < 4.78 is 5.81. The number of halogens is 1. The van der Waals surface area contributed by atoms with E-state index in [2.05, 4.69) is 22.2 Å². The fourth-order valence-electron chi connectivity index (χ4n) is 2.43. The maximum atomic E-state index is 11.4. The molecule has 142 valence electrons. The van der Waals surface area contributed by atoms with Gasteiger partial charge in [-0.05, 0) is 48.0 Å². The minimum absolute atomic E-state index is 0.244. The SMILES string of the molecule is C=CC(=O)Nc1cccc(Oc2nc(Nc3cccc(CN)c3)ccc2Cl)c1. The largest absolute Gasteiger partial charge is 0.437 e. The quantitative estimate of drug-likeness (QED) is 0.498. The number of carbonyl (C=O) groups excluding carboxylic acids is 1. The standard InChI is InChI=1S/C21H19ClN4O2/c1-2-20(27)25-16-7-4-8-17(12-16)28-21-18(22)9-10-19(26-21)24-15-6-3-5-14(11-15)13-23/h2-12H,1,13,23H2,(H,24,26)(H,25,27). The molecule has 6 nitrogen and oxygen atoms in total. The number of aromatic nitrogens is 1. The summed E-state index contributed by atoms with van der Waals surface area (Å²) in [7, 11) is 0. The molecule has 7 heteroatoms. The molecule has 1 amide bonds. The lowest BCUT2D eigenvalue weighted by molar-refractivity contribution is -0.111. The molecule has 2 aromatic carbocycles. The number of nitrogens with zero attached hydrogens (tertiary/aromatic N) is 1. The summed E-state index contributed by atoms with van der Waals surface area (Å²) in [6, 6.07) is 18.1. The van der Waals surface area contributed by atoms with Crippen molar-refractivity contribution >= 4 is 34.7 Å². The number of nitrogens with two attached hydrogens (primary N) is 1. The number of amides is 1. The molecule has 0 unspecified atom stereocenters. The monoisotopic (exact) mass is 394 g/mol. The second-order valence-corrected chi connectivity index (χ2v) is 6.24. The maximum Gasteiger partial charge on any atom is 0.247 e. The van der Waals surface area contributed by atoms with Crippen LogP contribution >= 0.6 is 11.6 Å². The van der Waals surface area contributed by atoms with E-state index in [1.807, 2.05) is 24.3 Å². The van der Waals surface area contributed by atoms with E-state index in [0.29, 0.717) is 28.8 Å². The Bertz CT molecular complexity index is 1010. The predicted octanol–water partition coefficient (Wildman–Crippen LogP) is 4.85. The molecule has 3 rings (SSSR count). The summed E-state index contributed by atoms with van der Waals surface area (Å²) in [5.41, 5.74) is 8.12. The highest BCUT2D eigenvalue weighted by molar-refractivity contribution is 6.31. The number of benzene rings is 2. The second kappa shape index (κ2) is 9.03. The molecule has 0 saturated carbocycles. The van der Waals surface area contributed by atoms with Crippen LogP contribution in [0.3, 0.4) is 0 Å². The first-order chi connectivity index (χ1) is 13.6. The molecule has 1 aromatic heterocycles. The Morgan fingerprint density at radius 1 is 1.14 bits per heavy atom. The lowest BCUT2D eigenvalue weighted by Crippen LogP contribution is -2.07. The van der Waals surface area contributed by atoms with E-state index in [4.69, 9.17) is 22.1 Å². The fraction of sp³-hybridized carbons (Fsp3) is 0.0476. The van der Waals surface area contributed by atoms with Crippen molar-refractivity contribution in [2.24, 2.45) is 5.73 Å². The van der Waals surface area contributed by atoms with E-state index >= 15 is 0 Å². The Hall–Kier alpha value is -3.35. The molecule has 28 heavy (non-hydrogen) atoms. The van der Waals surface area contributed by atoms with Crippen molar-refractivity contribution in [3.63, 3.8) is 0 Å². The predicted molar refractivity (Wildman–Crippen MR) is 112 cm³/mol. The molecule has 0 radical (unpaired) electrons. The first kappa shape index (κ1) is 19.4. The number of anilines is 3. The molecule has 0 spiro atoms. The number of nitrogens with one attached hydrogen (secondary N) is 2. The van der Waals surface area contributed by atoms with Gasteiger partial charge in [-0.1, -0.05) is 36.4 Å². The van der Waals surface area contributed by atoms with Crippen LogP contribution in [-0.4, -0.2) is 10.9 Å². The Morgan fingerprint density at radius 2 is 1.93 bits per heavy atom. The van der Waals surface area contributed by atoms with Crippen LogP contribution in [0.25, 0.3) is 0 Å². The molecule has 0 aliphatic rings. The average molecular weight is 395 g/mol. The van der Waals surface area contributed by atoms with Crippen molar-refractivity contribution in [1.29, 1.82) is 0 Å². The summed E-state index contributed by atoms with van der Waals surface area (Å²) in [5.74, 6) is 0.997. The zero-order chi connectivity index (χ0) is 19.9. The van der Waals surface area contributed by atoms with Crippen molar-refractivity contribution in [3.8, 4) is 11.6 Å². The number of hydrogen-bond donors (Lipinski definition) is 3. The molecule has 3 aromatic rings. The first-order valence-corrected chi connectivity index (χ1v) is 8.89. The Balaban J connectivity index is 1.79. The van der Waals surface area contributed by atoms with Gasteiger partial charge in [0, 0.05) is 24.0 Å². The summed E-state index contributed by atoms with van der Waals surface area (Å²) >= 11 is 6.23. The molecule has 0 aliphatic heterocycles. The van der Waals surface area contributed by atoms with Crippen LogP contribution < -0.4 is 21.1 Å². The molecule has 0 bridgehead atoms. The molecule has 0 atom stereocenters. The fourth-order valence-corrected chi connectivity index (χ4v) is 2.57. The molecule has 0 fully saturated rings. The van der Waals surface area contributed by atoms with Gasteiger partial charge in [0.2, 0.25) is 11.8 Å². The molecule has 4 N–H and O–H groups in total. The lowest BCUT2D eigenvalue weighted by atomic mass is 10.2. The second-order valence-electron chi connectivity index (χ2n) is 5.84. The minimum atomic E-state index is -0.306. The van der Waals surface area contributed by atoms with Gasteiger partial charge in [0.15, 0.2) is 0 Å². The van der Waals surface area contributed by atoms with Gasteiger partial charge in [0.25, 0.3) is 0 Å². The molecular formula is C21H19ClN4O2. The van der Waals surface area contributed by atoms with Crippen LogP contribution in [0.2, 0.25) is 5.02 Å². The summed E-state index contributed by atoms with van der Waals surface area (Å²) in [5, 5.41) is 6.24. The van der Waals surface area contributed by atoms with Crippen LogP contribution in [0, 0.1) is 0 Å². The van der Waals surface area contributed by atoms with Crippen molar-refractivity contribution in [2.45, 2.75) is 6.54 Å². The van der Waals surface area contributed by atoms with E-state index in [1.165, 1.54) is 6.08 Å². The van der Waals surface area contributed by atoms with Gasteiger partial charge in [-0.2, -0.15) is 4.98 Å². The zero-order valence-corrected chi connectivity index (χ0v) is 15.7. The topological polar surface area (TPSA) is 89.3 Å². The van der Waals surface area contributed by atoms with Gasteiger partial charge in [-0.25, -0.2) is 0 Å². The average Bonchev–Trinajstić information content (AvgIpc) is 2.71. The smallest absolute Gasteiger partial charge is 0.247 e. The van der Waals surface area contributed by atoms with Gasteiger partial charge in [-0.3, -0.25) is 4.79 Å². The number of rotatable bonds is 7. The molecular weight excluding hydrogens is 376 g/mol. The van der Waals surface area contributed by atoms with E-state index in [1.54, 1.807) is 36.4 Å². The normalized spacial score (nSPS) is 10.2. The van der Waals surface area contributed by atoms with Gasteiger partial charge >= 0.3 is 0 Å². The highest BCUT2D eigenvalue weighted by Crippen LogP contribution is 2.30. The number of pyridine rings is 1. The lowest BCUT2D eigenvalue weighted by Gasteiger charge is -2.11. The number of carbonyl (C=O) groups is 1.